The number of aromatic hydroxyl groups is 1. The summed E-state index contributed by atoms with van der Waals surface area (Å²) in [5, 5.41) is 9.07. The van der Waals surface area contributed by atoms with Gasteiger partial charge in [0, 0.05) is 11.6 Å². The number of rotatable bonds is 1. The summed E-state index contributed by atoms with van der Waals surface area (Å²) in [5.74, 6) is 0.103. The number of anilines is 2. The zero-order valence-corrected chi connectivity index (χ0v) is 6.04. The van der Waals surface area contributed by atoms with Crippen molar-refractivity contribution in [2.24, 2.45) is 0 Å². The predicted octanol–water partition coefficient (Wildman–Crippen LogP) is 1.20. The standard InChI is InChI=1S/C8H10N2O/c1-2-5-3-6(11)4-7(9)8(5)10/h2-4,11H,1,9-10H2. The largest absolute Gasteiger partial charge is 0.508 e. The number of phenols is 1. The van der Waals surface area contributed by atoms with Crippen LogP contribution in [0.2, 0.25) is 0 Å². The highest BCUT2D eigenvalue weighted by Gasteiger charge is 2.00. The molecule has 0 atom stereocenters. The molecule has 0 spiro atoms. The van der Waals surface area contributed by atoms with Gasteiger partial charge >= 0.3 is 0 Å². The van der Waals surface area contributed by atoms with E-state index in [0.717, 1.165) is 0 Å². The first-order valence-electron chi connectivity index (χ1n) is 3.15. The van der Waals surface area contributed by atoms with Crippen molar-refractivity contribution >= 4 is 17.5 Å². The zero-order chi connectivity index (χ0) is 8.43. The van der Waals surface area contributed by atoms with E-state index in [9.17, 15) is 0 Å². The summed E-state index contributed by atoms with van der Waals surface area (Å²) in [5.41, 5.74) is 12.5. The molecule has 0 aliphatic rings. The molecule has 0 saturated heterocycles. The smallest absolute Gasteiger partial charge is 0.118 e. The van der Waals surface area contributed by atoms with Crippen LogP contribution in [0.25, 0.3) is 6.08 Å². The first-order chi connectivity index (χ1) is 5.15. The average Bonchev–Trinajstić information content (AvgIpc) is 1.96. The maximum Gasteiger partial charge on any atom is 0.118 e. The van der Waals surface area contributed by atoms with E-state index in [1.54, 1.807) is 6.08 Å². The molecular formula is C8H10N2O. The van der Waals surface area contributed by atoms with Crippen molar-refractivity contribution in [1.82, 2.24) is 0 Å². The molecule has 5 N–H and O–H groups in total. The Hall–Kier alpha value is -1.64. The van der Waals surface area contributed by atoms with Crippen LogP contribution in [0.5, 0.6) is 5.75 Å². The normalized spacial score (nSPS) is 9.45. The molecule has 58 valence electrons. The van der Waals surface area contributed by atoms with Gasteiger partial charge in [0.1, 0.15) is 5.75 Å². The Balaban J connectivity index is 3.35. The summed E-state index contributed by atoms with van der Waals surface area (Å²) >= 11 is 0. The SMILES string of the molecule is C=Cc1cc(O)cc(N)c1N. The van der Waals surface area contributed by atoms with Crippen molar-refractivity contribution in [2.75, 3.05) is 11.5 Å². The molecule has 1 aromatic carbocycles. The van der Waals surface area contributed by atoms with E-state index < -0.39 is 0 Å². The van der Waals surface area contributed by atoms with Crippen molar-refractivity contribution in [3.63, 3.8) is 0 Å². The number of nitrogens with two attached hydrogens (primary N) is 2. The highest BCUT2D eigenvalue weighted by molar-refractivity contribution is 5.77. The van der Waals surface area contributed by atoms with E-state index in [0.29, 0.717) is 16.9 Å². The van der Waals surface area contributed by atoms with E-state index in [1.807, 2.05) is 0 Å². The maximum absolute atomic E-state index is 9.07. The molecule has 1 aromatic rings. The lowest BCUT2D eigenvalue weighted by atomic mass is 10.1. The van der Waals surface area contributed by atoms with Gasteiger partial charge in [-0.2, -0.15) is 0 Å². The molecule has 0 aromatic heterocycles. The summed E-state index contributed by atoms with van der Waals surface area (Å²) in [6.45, 7) is 3.53. The van der Waals surface area contributed by atoms with Crippen molar-refractivity contribution in [1.29, 1.82) is 0 Å². The Bertz CT molecular complexity index is 294. The Morgan fingerprint density at radius 2 is 2.00 bits per heavy atom. The first-order valence-corrected chi connectivity index (χ1v) is 3.15. The second kappa shape index (κ2) is 2.54. The van der Waals surface area contributed by atoms with Gasteiger partial charge in [-0.15, -0.1) is 0 Å². The number of benzene rings is 1. The fourth-order valence-corrected chi connectivity index (χ4v) is 0.851. The van der Waals surface area contributed by atoms with Gasteiger partial charge in [0.15, 0.2) is 0 Å². The van der Waals surface area contributed by atoms with Crippen molar-refractivity contribution in [3.8, 4) is 5.75 Å². The van der Waals surface area contributed by atoms with Gasteiger partial charge in [-0.1, -0.05) is 12.7 Å². The van der Waals surface area contributed by atoms with Crippen LogP contribution in [-0.4, -0.2) is 5.11 Å². The van der Waals surface area contributed by atoms with E-state index >= 15 is 0 Å². The molecule has 11 heavy (non-hydrogen) atoms. The van der Waals surface area contributed by atoms with E-state index in [2.05, 4.69) is 6.58 Å². The molecule has 0 fully saturated rings. The topological polar surface area (TPSA) is 72.3 Å². The van der Waals surface area contributed by atoms with Crippen LogP contribution < -0.4 is 11.5 Å². The summed E-state index contributed by atoms with van der Waals surface area (Å²) in [4.78, 5) is 0. The Morgan fingerprint density at radius 1 is 1.36 bits per heavy atom. The molecule has 3 nitrogen and oxygen atoms in total. The third-order valence-electron chi connectivity index (χ3n) is 1.45. The average molecular weight is 150 g/mol. The van der Waals surface area contributed by atoms with Crippen molar-refractivity contribution in [3.05, 3.63) is 24.3 Å². The molecule has 0 bridgehead atoms. The fourth-order valence-electron chi connectivity index (χ4n) is 0.851. The van der Waals surface area contributed by atoms with E-state index in [4.69, 9.17) is 16.6 Å². The number of nitrogen functional groups attached to an aromatic ring is 2. The second-order valence-electron chi connectivity index (χ2n) is 2.24. The molecular weight excluding hydrogens is 140 g/mol. The van der Waals surface area contributed by atoms with Crippen LogP contribution in [-0.2, 0) is 0 Å². The Kier molecular flexibility index (Phi) is 1.72. The first kappa shape index (κ1) is 7.47. The Labute approximate surface area is 64.9 Å². The van der Waals surface area contributed by atoms with Crippen LogP contribution >= 0.6 is 0 Å². The number of phenolic OH excluding ortho intramolecular Hbond substituents is 1. The molecule has 0 heterocycles. The van der Waals surface area contributed by atoms with Gasteiger partial charge in [-0.05, 0) is 6.07 Å². The van der Waals surface area contributed by atoms with Gasteiger partial charge in [-0.25, -0.2) is 0 Å². The van der Waals surface area contributed by atoms with Crippen molar-refractivity contribution < 1.29 is 5.11 Å². The minimum Gasteiger partial charge on any atom is -0.508 e. The van der Waals surface area contributed by atoms with E-state index in [1.165, 1.54) is 12.1 Å². The predicted molar refractivity (Wildman–Crippen MR) is 47.0 cm³/mol. The van der Waals surface area contributed by atoms with Gasteiger partial charge in [0.2, 0.25) is 0 Å². The van der Waals surface area contributed by atoms with Crippen LogP contribution in [0.1, 0.15) is 5.56 Å². The molecule has 0 amide bonds. The third-order valence-corrected chi connectivity index (χ3v) is 1.45. The van der Waals surface area contributed by atoms with Crippen LogP contribution in [0, 0.1) is 0 Å². The highest BCUT2D eigenvalue weighted by Crippen LogP contribution is 2.26. The zero-order valence-electron chi connectivity index (χ0n) is 6.04. The van der Waals surface area contributed by atoms with Crippen molar-refractivity contribution in [2.45, 2.75) is 0 Å². The lowest BCUT2D eigenvalue weighted by Crippen LogP contribution is -1.96. The quantitative estimate of drug-likeness (QED) is 0.416. The van der Waals surface area contributed by atoms with Gasteiger partial charge in [0.25, 0.3) is 0 Å². The Morgan fingerprint density at radius 3 is 2.55 bits per heavy atom. The summed E-state index contributed by atoms with van der Waals surface area (Å²) in [6.07, 6.45) is 1.55. The molecule has 0 aliphatic heterocycles. The summed E-state index contributed by atoms with van der Waals surface area (Å²) in [7, 11) is 0. The fraction of sp³-hybridized carbons (Fsp3) is 0. The minimum atomic E-state index is 0.103. The lowest BCUT2D eigenvalue weighted by molar-refractivity contribution is 0.475. The lowest BCUT2D eigenvalue weighted by Gasteiger charge is -2.04. The third kappa shape index (κ3) is 1.26. The molecule has 1 rings (SSSR count). The molecule has 0 aliphatic carbocycles. The highest BCUT2D eigenvalue weighted by atomic mass is 16.3. The van der Waals surface area contributed by atoms with Crippen LogP contribution in [0.4, 0.5) is 11.4 Å². The molecule has 0 unspecified atom stereocenters. The van der Waals surface area contributed by atoms with Crippen LogP contribution in [0.3, 0.4) is 0 Å². The monoisotopic (exact) mass is 150 g/mol. The number of hydrogen-bond donors (Lipinski definition) is 3. The van der Waals surface area contributed by atoms with Gasteiger partial charge in [0.05, 0.1) is 11.4 Å². The molecule has 0 saturated carbocycles. The van der Waals surface area contributed by atoms with Gasteiger partial charge < -0.3 is 16.6 Å². The van der Waals surface area contributed by atoms with E-state index in [-0.39, 0.29) is 5.75 Å². The summed E-state index contributed by atoms with van der Waals surface area (Å²) in [6, 6.07) is 2.92. The number of hydrogen-bond acceptors (Lipinski definition) is 3. The van der Waals surface area contributed by atoms with Crippen LogP contribution in [0.15, 0.2) is 18.7 Å². The molecule has 0 radical (unpaired) electrons. The second-order valence-corrected chi connectivity index (χ2v) is 2.24. The van der Waals surface area contributed by atoms with Gasteiger partial charge in [-0.3, -0.25) is 0 Å². The molecule has 3 heteroatoms. The summed E-state index contributed by atoms with van der Waals surface area (Å²) < 4.78 is 0. The maximum atomic E-state index is 9.07. The minimum absolute atomic E-state index is 0.103.